The number of fused-ring (bicyclic) bond motifs is 1. The molecule has 156 valence electrons. The molecule has 4 heterocycles. The molecule has 9 heteroatoms. The summed E-state index contributed by atoms with van der Waals surface area (Å²) in [5, 5.41) is 3.51. The monoisotopic (exact) mass is 406 g/mol. The fraction of sp³-hybridized carbons (Fsp3) is 0.524. The molecule has 1 aliphatic carbocycles. The fourth-order valence-corrected chi connectivity index (χ4v) is 4.24. The summed E-state index contributed by atoms with van der Waals surface area (Å²) in [7, 11) is 0. The summed E-state index contributed by atoms with van der Waals surface area (Å²) in [5.74, 6) is 3.28. The van der Waals surface area contributed by atoms with E-state index >= 15 is 0 Å². The molecule has 3 atom stereocenters. The SMILES string of the molecule is CCn1c(-c2cnc(C)nc2)nc2c(NC3CCN(C(=O)C4CC4C)C3)ncnc21. The molecule has 1 N–H and O–H groups in total. The molecule has 2 fully saturated rings. The normalized spacial score (nSPS) is 23.2. The van der Waals surface area contributed by atoms with Crippen LogP contribution in [0.5, 0.6) is 0 Å². The molecule has 0 radical (unpaired) electrons. The number of hydrogen-bond donors (Lipinski definition) is 1. The highest BCUT2D eigenvalue weighted by Gasteiger charge is 2.43. The number of anilines is 1. The highest BCUT2D eigenvalue weighted by atomic mass is 16.2. The van der Waals surface area contributed by atoms with Gasteiger partial charge in [0.05, 0.1) is 5.56 Å². The number of likely N-dealkylation sites (tertiary alicyclic amines) is 1. The van der Waals surface area contributed by atoms with Gasteiger partial charge in [-0.05, 0) is 32.6 Å². The molecule has 1 saturated carbocycles. The van der Waals surface area contributed by atoms with E-state index in [9.17, 15) is 4.79 Å². The van der Waals surface area contributed by atoms with Crippen molar-refractivity contribution >= 4 is 22.9 Å². The zero-order valence-electron chi connectivity index (χ0n) is 17.5. The van der Waals surface area contributed by atoms with Gasteiger partial charge in [0.2, 0.25) is 5.91 Å². The molecule has 0 spiro atoms. The molecule has 2 aliphatic rings. The Morgan fingerprint density at radius 1 is 1.23 bits per heavy atom. The number of imidazole rings is 1. The van der Waals surface area contributed by atoms with Gasteiger partial charge < -0.3 is 14.8 Å². The number of amides is 1. The quantitative estimate of drug-likeness (QED) is 0.693. The van der Waals surface area contributed by atoms with Crippen molar-refractivity contribution in [1.82, 2.24) is 34.4 Å². The van der Waals surface area contributed by atoms with E-state index in [2.05, 4.69) is 43.7 Å². The Labute approximate surface area is 175 Å². The molecule has 1 saturated heterocycles. The molecule has 3 unspecified atom stereocenters. The molecule has 1 amide bonds. The zero-order valence-corrected chi connectivity index (χ0v) is 17.5. The summed E-state index contributed by atoms with van der Waals surface area (Å²) in [6.45, 7) is 8.30. The third kappa shape index (κ3) is 3.28. The summed E-state index contributed by atoms with van der Waals surface area (Å²) in [6, 6.07) is 0.166. The lowest BCUT2D eigenvalue weighted by Gasteiger charge is -2.17. The number of aryl methyl sites for hydroxylation is 2. The van der Waals surface area contributed by atoms with Gasteiger partial charge in [0, 0.05) is 44.0 Å². The number of nitrogens with one attached hydrogen (secondary N) is 1. The minimum absolute atomic E-state index is 0.166. The number of carbonyl (C=O) groups is 1. The van der Waals surface area contributed by atoms with Gasteiger partial charge in [0.15, 0.2) is 17.0 Å². The van der Waals surface area contributed by atoms with E-state index in [1.807, 2.05) is 11.8 Å². The second kappa shape index (κ2) is 7.30. The van der Waals surface area contributed by atoms with Crippen LogP contribution in [-0.2, 0) is 11.3 Å². The van der Waals surface area contributed by atoms with E-state index < -0.39 is 0 Å². The molecule has 5 rings (SSSR count). The Bertz CT molecular complexity index is 1090. The maximum Gasteiger partial charge on any atom is 0.226 e. The van der Waals surface area contributed by atoms with Crippen LogP contribution in [0.15, 0.2) is 18.7 Å². The summed E-state index contributed by atoms with van der Waals surface area (Å²) in [4.78, 5) is 36.9. The van der Waals surface area contributed by atoms with Crippen LogP contribution in [0.3, 0.4) is 0 Å². The molecule has 9 nitrogen and oxygen atoms in total. The lowest BCUT2D eigenvalue weighted by atomic mass is 10.2. The number of carbonyl (C=O) groups excluding carboxylic acids is 1. The first-order valence-electron chi connectivity index (χ1n) is 10.6. The Morgan fingerprint density at radius 3 is 2.70 bits per heavy atom. The third-order valence-corrected chi connectivity index (χ3v) is 6.15. The first-order valence-corrected chi connectivity index (χ1v) is 10.6. The minimum Gasteiger partial charge on any atom is -0.364 e. The van der Waals surface area contributed by atoms with Gasteiger partial charge in [0.25, 0.3) is 0 Å². The van der Waals surface area contributed by atoms with E-state index in [4.69, 9.17) is 4.98 Å². The molecule has 0 bridgehead atoms. The minimum atomic E-state index is 0.166. The van der Waals surface area contributed by atoms with Crippen LogP contribution in [0.4, 0.5) is 5.82 Å². The Morgan fingerprint density at radius 2 is 2.00 bits per heavy atom. The summed E-state index contributed by atoms with van der Waals surface area (Å²) in [6.07, 6.45) is 7.08. The maximum atomic E-state index is 12.5. The van der Waals surface area contributed by atoms with Crippen molar-refractivity contribution in [2.24, 2.45) is 11.8 Å². The van der Waals surface area contributed by atoms with Crippen LogP contribution >= 0.6 is 0 Å². The second-order valence-corrected chi connectivity index (χ2v) is 8.33. The highest BCUT2D eigenvalue weighted by molar-refractivity contribution is 5.86. The number of rotatable bonds is 5. The van der Waals surface area contributed by atoms with Crippen LogP contribution in [0.2, 0.25) is 0 Å². The van der Waals surface area contributed by atoms with Crippen molar-refractivity contribution in [3.63, 3.8) is 0 Å². The van der Waals surface area contributed by atoms with Gasteiger partial charge in [-0.15, -0.1) is 0 Å². The van der Waals surface area contributed by atoms with E-state index in [0.29, 0.717) is 24.2 Å². The topological polar surface area (TPSA) is 102 Å². The molecular formula is C21H26N8O. The molecule has 30 heavy (non-hydrogen) atoms. The molecule has 3 aromatic rings. The van der Waals surface area contributed by atoms with Gasteiger partial charge >= 0.3 is 0 Å². The number of hydrogen-bond acceptors (Lipinski definition) is 7. The van der Waals surface area contributed by atoms with Crippen LogP contribution in [0.25, 0.3) is 22.6 Å². The van der Waals surface area contributed by atoms with Crippen LogP contribution in [-0.4, -0.2) is 59.4 Å². The molecule has 3 aromatic heterocycles. The van der Waals surface area contributed by atoms with E-state index in [0.717, 1.165) is 54.3 Å². The lowest BCUT2D eigenvalue weighted by Crippen LogP contribution is -2.33. The summed E-state index contributed by atoms with van der Waals surface area (Å²) >= 11 is 0. The van der Waals surface area contributed by atoms with Crippen molar-refractivity contribution < 1.29 is 4.79 Å². The maximum absolute atomic E-state index is 12.5. The Kier molecular flexibility index (Phi) is 4.60. The number of nitrogens with zero attached hydrogens (tertiary/aromatic N) is 7. The van der Waals surface area contributed by atoms with Gasteiger partial charge in [-0.25, -0.2) is 24.9 Å². The highest BCUT2D eigenvalue weighted by Crippen LogP contribution is 2.40. The molecular weight excluding hydrogens is 380 g/mol. The smallest absolute Gasteiger partial charge is 0.226 e. The van der Waals surface area contributed by atoms with E-state index in [-0.39, 0.29) is 12.0 Å². The Hall–Kier alpha value is -3.10. The fourth-order valence-electron chi connectivity index (χ4n) is 4.24. The average molecular weight is 406 g/mol. The largest absolute Gasteiger partial charge is 0.364 e. The lowest BCUT2D eigenvalue weighted by molar-refractivity contribution is -0.131. The van der Waals surface area contributed by atoms with Crippen LogP contribution in [0.1, 0.15) is 32.5 Å². The van der Waals surface area contributed by atoms with E-state index in [1.54, 1.807) is 18.7 Å². The average Bonchev–Trinajstić information content (AvgIpc) is 3.14. The van der Waals surface area contributed by atoms with Crippen molar-refractivity contribution in [2.75, 3.05) is 18.4 Å². The van der Waals surface area contributed by atoms with Gasteiger partial charge in [-0.2, -0.15) is 0 Å². The molecule has 1 aliphatic heterocycles. The third-order valence-electron chi connectivity index (χ3n) is 6.15. The first kappa shape index (κ1) is 18.9. The van der Waals surface area contributed by atoms with Gasteiger partial charge in [-0.3, -0.25) is 4.79 Å². The van der Waals surface area contributed by atoms with Crippen molar-refractivity contribution in [3.05, 3.63) is 24.5 Å². The van der Waals surface area contributed by atoms with Crippen LogP contribution in [0, 0.1) is 18.8 Å². The predicted octanol–water partition coefficient (Wildman–Crippen LogP) is 2.28. The summed E-state index contributed by atoms with van der Waals surface area (Å²) in [5.41, 5.74) is 2.36. The van der Waals surface area contributed by atoms with Crippen molar-refractivity contribution in [2.45, 2.75) is 46.2 Å². The predicted molar refractivity (Wildman–Crippen MR) is 113 cm³/mol. The number of aromatic nitrogens is 6. The first-order chi connectivity index (χ1) is 14.5. The van der Waals surface area contributed by atoms with Crippen molar-refractivity contribution in [3.8, 4) is 11.4 Å². The Balaban J connectivity index is 1.41. The van der Waals surface area contributed by atoms with Crippen molar-refractivity contribution in [1.29, 1.82) is 0 Å². The zero-order chi connectivity index (χ0) is 20.8. The van der Waals surface area contributed by atoms with Gasteiger partial charge in [-0.1, -0.05) is 6.92 Å². The second-order valence-electron chi connectivity index (χ2n) is 8.33. The van der Waals surface area contributed by atoms with E-state index in [1.165, 1.54) is 0 Å². The van der Waals surface area contributed by atoms with Crippen LogP contribution < -0.4 is 5.32 Å². The van der Waals surface area contributed by atoms with Gasteiger partial charge in [0.1, 0.15) is 18.0 Å². The standard InChI is InChI=1S/C21H26N8O/c1-4-29-19(14-8-22-13(3)23-9-14)27-17-18(24-11-25-20(17)29)26-15-5-6-28(10-15)21(30)16-7-12(16)2/h8-9,11-12,15-16H,4-7,10H2,1-3H3,(H,24,25,26). The summed E-state index contributed by atoms with van der Waals surface area (Å²) < 4.78 is 2.05. The molecule has 0 aromatic carbocycles.